The van der Waals surface area contributed by atoms with Gasteiger partial charge in [0, 0.05) is 11.8 Å². The Kier molecular flexibility index (Phi) is 11.0. The van der Waals surface area contributed by atoms with Gasteiger partial charge in [-0.2, -0.15) is 0 Å². The Morgan fingerprint density at radius 1 is 0.806 bits per heavy atom. The molecule has 0 aliphatic heterocycles. The zero-order valence-electron chi connectivity index (χ0n) is 19.8. The van der Waals surface area contributed by atoms with Crippen LogP contribution in [0.1, 0.15) is 102 Å². The van der Waals surface area contributed by atoms with Gasteiger partial charge in [0.25, 0.3) is 0 Å². The lowest BCUT2D eigenvalue weighted by atomic mass is 9.86. The first-order valence-electron chi connectivity index (χ1n) is 13.0. The van der Waals surface area contributed by atoms with Crippen LogP contribution in [0.3, 0.4) is 0 Å². The highest BCUT2D eigenvalue weighted by atomic mass is 16.5. The molecule has 0 unspecified atom stereocenters. The van der Waals surface area contributed by atoms with E-state index in [9.17, 15) is 0 Å². The van der Waals surface area contributed by atoms with Crippen LogP contribution in [0.15, 0.2) is 42.6 Å². The normalized spacial score (nSPS) is 14.6. The van der Waals surface area contributed by atoms with Crippen LogP contribution in [0.5, 0.6) is 5.75 Å². The van der Waals surface area contributed by atoms with E-state index in [1.165, 1.54) is 95.5 Å². The Morgan fingerprint density at radius 2 is 1.58 bits per heavy atom. The fourth-order valence-corrected chi connectivity index (χ4v) is 4.78. The fraction of sp³-hybridized carbons (Fsp3) is 0.621. The Labute approximate surface area is 190 Å². The van der Waals surface area contributed by atoms with Crippen molar-refractivity contribution in [1.29, 1.82) is 0 Å². The molecule has 1 saturated carbocycles. The van der Waals surface area contributed by atoms with E-state index < -0.39 is 0 Å². The number of ether oxygens (including phenoxy) is 1. The van der Waals surface area contributed by atoms with Gasteiger partial charge in [0.1, 0.15) is 5.75 Å². The highest BCUT2D eigenvalue weighted by molar-refractivity contribution is 5.60. The molecule has 3 rings (SSSR count). The molecule has 1 aromatic carbocycles. The van der Waals surface area contributed by atoms with Gasteiger partial charge in [-0.15, -0.1) is 0 Å². The molecule has 1 aliphatic carbocycles. The Hall–Kier alpha value is -1.83. The second-order valence-corrected chi connectivity index (χ2v) is 9.44. The van der Waals surface area contributed by atoms with Crippen molar-refractivity contribution in [3.63, 3.8) is 0 Å². The maximum absolute atomic E-state index is 5.96. The first-order chi connectivity index (χ1) is 15.3. The van der Waals surface area contributed by atoms with Gasteiger partial charge in [-0.25, -0.2) is 0 Å². The lowest BCUT2D eigenvalue weighted by Gasteiger charge is -2.21. The third kappa shape index (κ3) is 9.05. The second-order valence-electron chi connectivity index (χ2n) is 9.44. The number of benzene rings is 1. The second kappa shape index (κ2) is 14.3. The van der Waals surface area contributed by atoms with Crippen molar-refractivity contribution in [3.05, 3.63) is 48.2 Å². The molecule has 0 N–H and O–H groups in total. The zero-order chi connectivity index (χ0) is 21.6. The number of aryl methyl sites for hydroxylation is 1. The van der Waals surface area contributed by atoms with Crippen molar-refractivity contribution >= 4 is 0 Å². The summed E-state index contributed by atoms with van der Waals surface area (Å²) in [6.45, 7) is 3.10. The maximum atomic E-state index is 5.96. The van der Waals surface area contributed by atoms with E-state index in [0.29, 0.717) is 0 Å². The standard InChI is InChI=1S/C29H43NO/c1-2-3-4-5-6-8-16-26-17-22-29(30-24-26)27-18-20-28(21-19-27)31-23-12-11-15-25-13-9-7-10-14-25/h17-22,24-25H,2-16,23H2,1H3. The van der Waals surface area contributed by atoms with Crippen molar-refractivity contribution in [2.75, 3.05) is 6.61 Å². The molecule has 0 radical (unpaired) electrons. The molecule has 1 aromatic heterocycles. The van der Waals surface area contributed by atoms with E-state index in [-0.39, 0.29) is 0 Å². The van der Waals surface area contributed by atoms with E-state index in [1.54, 1.807) is 0 Å². The van der Waals surface area contributed by atoms with Crippen LogP contribution >= 0.6 is 0 Å². The summed E-state index contributed by atoms with van der Waals surface area (Å²) in [6, 6.07) is 12.8. The van der Waals surface area contributed by atoms with Crippen LogP contribution in [-0.2, 0) is 6.42 Å². The van der Waals surface area contributed by atoms with Crippen molar-refractivity contribution in [2.45, 2.75) is 103 Å². The van der Waals surface area contributed by atoms with Crippen LogP contribution in [0.4, 0.5) is 0 Å². The molecule has 1 heterocycles. The summed E-state index contributed by atoms with van der Waals surface area (Å²) in [4.78, 5) is 4.70. The summed E-state index contributed by atoms with van der Waals surface area (Å²) in [5.41, 5.74) is 3.56. The number of pyridine rings is 1. The molecule has 2 nitrogen and oxygen atoms in total. The molecule has 0 bridgehead atoms. The third-order valence-electron chi connectivity index (χ3n) is 6.79. The average Bonchev–Trinajstić information content (AvgIpc) is 2.83. The van der Waals surface area contributed by atoms with Gasteiger partial charge in [-0.3, -0.25) is 4.98 Å². The molecule has 0 saturated heterocycles. The summed E-state index contributed by atoms with van der Waals surface area (Å²) in [7, 11) is 0. The highest BCUT2D eigenvalue weighted by Gasteiger charge is 2.12. The lowest BCUT2D eigenvalue weighted by molar-refractivity contribution is 0.284. The molecular weight excluding hydrogens is 378 g/mol. The van der Waals surface area contributed by atoms with Gasteiger partial charge in [0.15, 0.2) is 0 Å². The molecule has 1 aliphatic rings. The molecular formula is C29H43NO. The van der Waals surface area contributed by atoms with E-state index in [0.717, 1.165) is 36.0 Å². The van der Waals surface area contributed by atoms with Gasteiger partial charge < -0.3 is 4.74 Å². The van der Waals surface area contributed by atoms with Crippen molar-refractivity contribution < 1.29 is 4.74 Å². The van der Waals surface area contributed by atoms with E-state index in [1.807, 2.05) is 0 Å². The van der Waals surface area contributed by atoms with Gasteiger partial charge in [0.05, 0.1) is 12.3 Å². The monoisotopic (exact) mass is 421 g/mol. The van der Waals surface area contributed by atoms with Crippen LogP contribution < -0.4 is 4.74 Å². The van der Waals surface area contributed by atoms with Crippen molar-refractivity contribution in [2.24, 2.45) is 5.92 Å². The molecule has 170 valence electrons. The molecule has 31 heavy (non-hydrogen) atoms. The van der Waals surface area contributed by atoms with Crippen LogP contribution in [-0.4, -0.2) is 11.6 Å². The first-order valence-corrected chi connectivity index (χ1v) is 13.0. The minimum absolute atomic E-state index is 0.831. The van der Waals surface area contributed by atoms with E-state index >= 15 is 0 Å². The lowest BCUT2D eigenvalue weighted by Crippen LogP contribution is -2.06. The van der Waals surface area contributed by atoms with Crippen molar-refractivity contribution in [3.8, 4) is 17.0 Å². The predicted octanol–water partition coefficient (Wildman–Crippen LogP) is 8.78. The average molecular weight is 422 g/mol. The summed E-state index contributed by atoms with van der Waals surface area (Å²) in [6.07, 6.45) is 22.4. The SMILES string of the molecule is CCCCCCCCc1ccc(-c2ccc(OCCCCC3CCCCC3)cc2)nc1. The minimum atomic E-state index is 0.831. The Balaban J connectivity index is 1.33. The first kappa shape index (κ1) is 23.8. The molecule has 0 atom stereocenters. The number of nitrogens with zero attached hydrogens (tertiary/aromatic N) is 1. The van der Waals surface area contributed by atoms with Gasteiger partial charge in [-0.05, 0) is 67.5 Å². The summed E-state index contributed by atoms with van der Waals surface area (Å²) >= 11 is 0. The molecule has 0 amide bonds. The number of unbranched alkanes of at least 4 members (excludes halogenated alkanes) is 6. The van der Waals surface area contributed by atoms with Crippen LogP contribution in [0.25, 0.3) is 11.3 Å². The largest absolute Gasteiger partial charge is 0.494 e. The molecule has 2 aromatic rings. The summed E-state index contributed by atoms with van der Waals surface area (Å²) < 4.78 is 5.96. The quantitative estimate of drug-likeness (QED) is 0.284. The summed E-state index contributed by atoms with van der Waals surface area (Å²) in [5.74, 6) is 1.96. The maximum Gasteiger partial charge on any atom is 0.119 e. The van der Waals surface area contributed by atoms with Crippen LogP contribution in [0, 0.1) is 5.92 Å². The summed E-state index contributed by atoms with van der Waals surface area (Å²) in [5, 5.41) is 0. The molecule has 2 heteroatoms. The molecule has 1 fully saturated rings. The van der Waals surface area contributed by atoms with E-state index in [4.69, 9.17) is 9.72 Å². The topological polar surface area (TPSA) is 22.1 Å². The fourth-order valence-electron chi connectivity index (χ4n) is 4.78. The van der Waals surface area contributed by atoms with Gasteiger partial charge >= 0.3 is 0 Å². The zero-order valence-corrected chi connectivity index (χ0v) is 19.8. The van der Waals surface area contributed by atoms with Gasteiger partial charge in [0.2, 0.25) is 0 Å². The number of rotatable bonds is 14. The molecule has 0 spiro atoms. The Morgan fingerprint density at radius 3 is 2.32 bits per heavy atom. The number of aromatic nitrogens is 1. The Bertz CT molecular complexity index is 701. The number of hydrogen-bond acceptors (Lipinski definition) is 2. The third-order valence-corrected chi connectivity index (χ3v) is 6.79. The van der Waals surface area contributed by atoms with E-state index in [2.05, 4.69) is 49.5 Å². The van der Waals surface area contributed by atoms with Crippen molar-refractivity contribution in [1.82, 2.24) is 4.98 Å². The number of hydrogen-bond donors (Lipinski definition) is 0. The minimum Gasteiger partial charge on any atom is -0.494 e. The van der Waals surface area contributed by atoms with Gasteiger partial charge in [-0.1, -0.05) is 83.6 Å². The predicted molar refractivity (Wildman–Crippen MR) is 133 cm³/mol. The highest BCUT2D eigenvalue weighted by Crippen LogP contribution is 2.28. The smallest absolute Gasteiger partial charge is 0.119 e. The van der Waals surface area contributed by atoms with Crippen LogP contribution in [0.2, 0.25) is 0 Å².